The predicted octanol–water partition coefficient (Wildman–Crippen LogP) is 2.50. The Kier molecular flexibility index (Phi) is 5.35. The molecule has 0 amide bonds. The fourth-order valence-electron chi connectivity index (χ4n) is 1.70. The number of aromatic nitrogens is 2. The first-order chi connectivity index (χ1) is 8.29. The Hall–Kier alpha value is -0.870. The lowest BCUT2D eigenvalue weighted by atomic mass is 10.1. The van der Waals surface area contributed by atoms with E-state index in [1.807, 2.05) is 13.1 Å². The first-order valence-electron chi connectivity index (χ1n) is 6.67. The molecule has 0 unspecified atom stereocenters. The topological polar surface area (TPSA) is 39.1 Å². The smallest absolute Gasteiger partial charge is 0.105 e. The van der Waals surface area contributed by atoms with Crippen molar-refractivity contribution in [2.45, 2.75) is 66.3 Å². The summed E-state index contributed by atoms with van der Waals surface area (Å²) in [7, 11) is 0. The van der Waals surface area contributed by atoms with Gasteiger partial charge >= 0.3 is 0 Å². The van der Waals surface area contributed by atoms with Crippen LogP contribution in [0.2, 0.25) is 0 Å². The molecule has 0 aliphatic rings. The van der Waals surface area contributed by atoms with Gasteiger partial charge in [0, 0.05) is 24.8 Å². The number of ether oxygens (including phenoxy) is 1. The molecule has 0 aliphatic carbocycles. The second-order valence-corrected chi connectivity index (χ2v) is 5.97. The zero-order valence-corrected chi connectivity index (χ0v) is 12.6. The Morgan fingerprint density at radius 2 is 2.06 bits per heavy atom. The van der Waals surface area contributed by atoms with Crippen LogP contribution in [0.15, 0.2) is 6.20 Å². The van der Waals surface area contributed by atoms with Crippen LogP contribution < -0.4 is 5.32 Å². The Morgan fingerprint density at radius 3 is 2.61 bits per heavy atom. The van der Waals surface area contributed by atoms with Crippen molar-refractivity contribution in [3.8, 4) is 0 Å². The maximum atomic E-state index is 5.60. The summed E-state index contributed by atoms with van der Waals surface area (Å²) in [6, 6.07) is 0. The molecule has 18 heavy (non-hydrogen) atoms. The van der Waals surface area contributed by atoms with E-state index in [1.165, 1.54) is 5.69 Å². The van der Waals surface area contributed by atoms with Gasteiger partial charge in [-0.15, -0.1) is 0 Å². The van der Waals surface area contributed by atoms with E-state index in [1.54, 1.807) is 0 Å². The third kappa shape index (κ3) is 5.19. The van der Waals surface area contributed by atoms with Crippen LogP contribution in [0.25, 0.3) is 0 Å². The molecule has 4 heteroatoms. The lowest BCUT2D eigenvalue weighted by Gasteiger charge is -2.21. The highest BCUT2D eigenvalue weighted by Gasteiger charge is 2.12. The quantitative estimate of drug-likeness (QED) is 0.846. The molecular formula is C14H27N3O. The van der Waals surface area contributed by atoms with Gasteiger partial charge in [-0.05, 0) is 41.5 Å². The highest BCUT2D eigenvalue weighted by Crippen LogP contribution is 2.08. The molecule has 4 nitrogen and oxygen atoms in total. The summed E-state index contributed by atoms with van der Waals surface area (Å²) in [4.78, 5) is 4.38. The van der Waals surface area contributed by atoms with E-state index in [-0.39, 0.29) is 11.6 Å². The maximum absolute atomic E-state index is 5.60. The van der Waals surface area contributed by atoms with Crippen LogP contribution in [-0.2, 0) is 17.8 Å². The van der Waals surface area contributed by atoms with Gasteiger partial charge in [0.2, 0.25) is 0 Å². The molecule has 1 rings (SSSR count). The van der Waals surface area contributed by atoms with Crippen molar-refractivity contribution in [2.24, 2.45) is 0 Å². The lowest BCUT2D eigenvalue weighted by molar-refractivity contribution is 0.0720. The number of imidazole rings is 1. The molecule has 1 aromatic rings. The van der Waals surface area contributed by atoms with Crippen LogP contribution in [0, 0.1) is 6.92 Å². The number of nitrogens with one attached hydrogen (secondary N) is 1. The molecule has 0 saturated heterocycles. The molecule has 1 aromatic heterocycles. The van der Waals surface area contributed by atoms with Gasteiger partial charge in [-0.2, -0.15) is 0 Å². The largest absolute Gasteiger partial charge is 0.377 e. The van der Waals surface area contributed by atoms with E-state index < -0.39 is 0 Å². The average molecular weight is 253 g/mol. The fraction of sp³-hybridized carbons (Fsp3) is 0.786. The fourth-order valence-corrected chi connectivity index (χ4v) is 1.70. The lowest BCUT2D eigenvalue weighted by Crippen LogP contribution is -2.35. The monoisotopic (exact) mass is 253 g/mol. The summed E-state index contributed by atoms with van der Waals surface area (Å²) < 4.78 is 7.82. The molecule has 104 valence electrons. The molecule has 0 aliphatic heterocycles. The summed E-state index contributed by atoms with van der Waals surface area (Å²) in [5, 5.41) is 3.49. The van der Waals surface area contributed by atoms with Crippen molar-refractivity contribution >= 4 is 0 Å². The zero-order valence-electron chi connectivity index (χ0n) is 12.6. The first kappa shape index (κ1) is 15.2. The van der Waals surface area contributed by atoms with Crippen molar-refractivity contribution in [2.75, 3.05) is 6.61 Å². The Balaban J connectivity index is 2.58. The minimum absolute atomic E-state index is 0.122. The standard InChI is InChI=1S/C14H27N3O/c1-11(2)18-8-7-17-12(3)15-9-13(17)10-16-14(4,5)6/h9,11,16H,7-8,10H2,1-6H3. The highest BCUT2D eigenvalue weighted by molar-refractivity contribution is 5.04. The number of hydrogen-bond acceptors (Lipinski definition) is 3. The minimum atomic E-state index is 0.122. The van der Waals surface area contributed by atoms with E-state index in [0.717, 1.165) is 25.5 Å². The average Bonchev–Trinajstić information content (AvgIpc) is 2.56. The molecule has 0 radical (unpaired) electrons. The van der Waals surface area contributed by atoms with Crippen LogP contribution in [0.5, 0.6) is 0 Å². The van der Waals surface area contributed by atoms with Crippen LogP contribution in [0.4, 0.5) is 0 Å². The minimum Gasteiger partial charge on any atom is -0.377 e. The summed E-state index contributed by atoms with van der Waals surface area (Å²) in [5.74, 6) is 1.05. The van der Waals surface area contributed by atoms with Crippen molar-refractivity contribution in [3.05, 3.63) is 17.7 Å². The second kappa shape index (κ2) is 6.34. The van der Waals surface area contributed by atoms with Crippen LogP contribution in [-0.4, -0.2) is 27.8 Å². The Morgan fingerprint density at radius 1 is 1.39 bits per heavy atom. The second-order valence-electron chi connectivity index (χ2n) is 5.97. The van der Waals surface area contributed by atoms with Crippen LogP contribution >= 0.6 is 0 Å². The van der Waals surface area contributed by atoms with Crippen LogP contribution in [0.3, 0.4) is 0 Å². The third-order valence-electron chi connectivity index (χ3n) is 2.70. The molecule has 0 fully saturated rings. The summed E-state index contributed by atoms with van der Waals surface area (Å²) in [6.45, 7) is 15.1. The van der Waals surface area contributed by atoms with Crippen molar-refractivity contribution in [1.82, 2.24) is 14.9 Å². The molecule has 0 spiro atoms. The number of nitrogens with zero attached hydrogens (tertiary/aromatic N) is 2. The SMILES string of the molecule is Cc1ncc(CNC(C)(C)C)n1CCOC(C)C. The van der Waals surface area contributed by atoms with Crippen molar-refractivity contribution in [1.29, 1.82) is 0 Å². The molecule has 0 aromatic carbocycles. The summed E-state index contributed by atoms with van der Waals surface area (Å²) in [5.41, 5.74) is 1.34. The van der Waals surface area contributed by atoms with Gasteiger partial charge in [0.1, 0.15) is 5.82 Å². The van der Waals surface area contributed by atoms with Gasteiger partial charge in [-0.25, -0.2) is 4.98 Å². The van der Waals surface area contributed by atoms with E-state index in [0.29, 0.717) is 0 Å². The summed E-state index contributed by atoms with van der Waals surface area (Å²) in [6.07, 6.45) is 2.23. The van der Waals surface area contributed by atoms with Gasteiger partial charge < -0.3 is 14.6 Å². The number of rotatable bonds is 6. The molecular weight excluding hydrogens is 226 g/mol. The molecule has 0 saturated carbocycles. The molecule has 0 bridgehead atoms. The van der Waals surface area contributed by atoms with Gasteiger partial charge in [0.15, 0.2) is 0 Å². The number of hydrogen-bond donors (Lipinski definition) is 1. The number of aryl methyl sites for hydroxylation is 1. The van der Waals surface area contributed by atoms with E-state index >= 15 is 0 Å². The van der Waals surface area contributed by atoms with Gasteiger partial charge in [0.25, 0.3) is 0 Å². The normalized spacial score (nSPS) is 12.4. The van der Waals surface area contributed by atoms with E-state index in [4.69, 9.17) is 4.74 Å². The molecule has 1 heterocycles. The maximum Gasteiger partial charge on any atom is 0.105 e. The van der Waals surface area contributed by atoms with Crippen molar-refractivity contribution in [3.63, 3.8) is 0 Å². The summed E-state index contributed by atoms with van der Waals surface area (Å²) >= 11 is 0. The third-order valence-corrected chi connectivity index (χ3v) is 2.70. The zero-order chi connectivity index (χ0) is 13.8. The van der Waals surface area contributed by atoms with E-state index in [2.05, 4.69) is 49.5 Å². The molecule has 1 N–H and O–H groups in total. The van der Waals surface area contributed by atoms with Crippen molar-refractivity contribution < 1.29 is 4.74 Å². The first-order valence-corrected chi connectivity index (χ1v) is 6.67. The van der Waals surface area contributed by atoms with Gasteiger partial charge in [-0.3, -0.25) is 0 Å². The Labute approximate surface area is 111 Å². The van der Waals surface area contributed by atoms with Gasteiger partial charge in [0.05, 0.1) is 18.4 Å². The Bertz CT molecular complexity index is 364. The predicted molar refractivity (Wildman–Crippen MR) is 74.6 cm³/mol. The van der Waals surface area contributed by atoms with E-state index in [9.17, 15) is 0 Å². The molecule has 0 atom stereocenters. The van der Waals surface area contributed by atoms with Gasteiger partial charge in [-0.1, -0.05) is 0 Å². The van der Waals surface area contributed by atoms with Crippen LogP contribution in [0.1, 0.15) is 46.1 Å². The highest BCUT2D eigenvalue weighted by atomic mass is 16.5.